The Morgan fingerprint density at radius 3 is 3.00 bits per heavy atom. The molecule has 11 heavy (non-hydrogen) atoms. The molecule has 1 aromatic heterocycles. The number of hydrogen-bond donors (Lipinski definition) is 1. The topological polar surface area (TPSA) is 25.8 Å². The van der Waals surface area contributed by atoms with E-state index in [1.165, 1.54) is 6.33 Å². The van der Waals surface area contributed by atoms with Crippen molar-refractivity contribution in [1.29, 1.82) is 0 Å². The minimum Gasteiger partial charge on any atom is -0.244 e. The van der Waals surface area contributed by atoms with Gasteiger partial charge in [-0.3, -0.25) is 0 Å². The first-order valence-corrected chi connectivity index (χ1v) is 3.70. The van der Waals surface area contributed by atoms with Crippen LogP contribution in [0.15, 0.2) is 35.6 Å². The van der Waals surface area contributed by atoms with Gasteiger partial charge in [0.15, 0.2) is 0 Å². The van der Waals surface area contributed by atoms with Gasteiger partial charge in [0.25, 0.3) is 0 Å². The van der Waals surface area contributed by atoms with E-state index in [1.807, 2.05) is 18.2 Å². The Morgan fingerprint density at radius 1 is 1.27 bits per heavy atom. The van der Waals surface area contributed by atoms with Crippen molar-refractivity contribution in [2.75, 3.05) is 0 Å². The van der Waals surface area contributed by atoms with Crippen molar-refractivity contribution in [1.82, 2.24) is 9.97 Å². The van der Waals surface area contributed by atoms with Crippen molar-refractivity contribution in [3.8, 4) is 0 Å². The van der Waals surface area contributed by atoms with Crippen LogP contribution in [-0.2, 0) is 0 Å². The fourth-order valence-electron chi connectivity index (χ4n) is 0.989. The molecule has 54 valence electrons. The van der Waals surface area contributed by atoms with E-state index in [0.29, 0.717) is 0 Å². The Hall–Kier alpha value is -1.09. The second kappa shape index (κ2) is 2.51. The third-order valence-electron chi connectivity index (χ3n) is 1.53. The normalized spacial score (nSPS) is 10.3. The minimum absolute atomic E-state index is 0.920. The molecule has 0 aliphatic carbocycles. The highest BCUT2D eigenvalue weighted by Crippen LogP contribution is 2.17. The molecule has 0 saturated heterocycles. The molecule has 0 fully saturated rings. The van der Waals surface area contributed by atoms with Gasteiger partial charge in [-0.2, -0.15) is 0 Å². The number of thiol groups is 1. The number of rotatable bonds is 0. The van der Waals surface area contributed by atoms with Gasteiger partial charge in [0.1, 0.15) is 6.33 Å². The Kier molecular flexibility index (Phi) is 1.51. The number of fused-ring (bicyclic) bond motifs is 1. The van der Waals surface area contributed by atoms with Crippen molar-refractivity contribution in [2.45, 2.75) is 4.90 Å². The highest BCUT2D eigenvalue weighted by molar-refractivity contribution is 7.80. The summed E-state index contributed by atoms with van der Waals surface area (Å²) in [6, 6.07) is 5.79. The molecule has 1 aromatic carbocycles. The SMILES string of the molecule is Sc1cccc2ncncc12. The summed E-state index contributed by atoms with van der Waals surface area (Å²) in [7, 11) is 0. The number of hydrogen-bond acceptors (Lipinski definition) is 3. The van der Waals surface area contributed by atoms with Gasteiger partial charge in [-0.05, 0) is 12.1 Å². The lowest BCUT2D eigenvalue weighted by molar-refractivity contribution is 1.21. The van der Waals surface area contributed by atoms with Gasteiger partial charge < -0.3 is 0 Å². The highest BCUT2D eigenvalue weighted by Gasteiger charge is 1.95. The number of nitrogens with zero attached hydrogens (tertiary/aromatic N) is 2. The summed E-state index contributed by atoms with van der Waals surface area (Å²) >= 11 is 4.27. The van der Waals surface area contributed by atoms with Crippen molar-refractivity contribution < 1.29 is 0 Å². The maximum Gasteiger partial charge on any atom is 0.116 e. The fourth-order valence-corrected chi connectivity index (χ4v) is 1.25. The molecule has 0 atom stereocenters. The van der Waals surface area contributed by atoms with Crippen LogP contribution in [0.3, 0.4) is 0 Å². The molecule has 2 nitrogen and oxygen atoms in total. The van der Waals surface area contributed by atoms with Crippen LogP contribution in [0.5, 0.6) is 0 Å². The molecular weight excluding hydrogens is 156 g/mol. The summed E-state index contributed by atoms with van der Waals surface area (Å²) in [5, 5.41) is 0.998. The first-order chi connectivity index (χ1) is 5.38. The molecule has 0 aliphatic rings. The van der Waals surface area contributed by atoms with E-state index in [1.54, 1.807) is 6.20 Å². The van der Waals surface area contributed by atoms with Crippen molar-refractivity contribution in [2.24, 2.45) is 0 Å². The minimum atomic E-state index is 0.920. The summed E-state index contributed by atoms with van der Waals surface area (Å²) < 4.78 is 0. The summed E-state index contributed by atoms with van der Waals surface area (Å²) in [4.78, 5) is 8.92. The average molecular weight is 162 g/mol. The quantitative estimate of drug-likeness (QED) is 0.599. The Balaban J connectivity index is 2.91. The fraction of sp³-hybridized carbons (Fsp3) is 0. The largest absolute Gasteiger partial charge is 0.244 e. The Morgan fingerprint density at radius 2 is 2.18 bits per heavy atom. The lowest BCUT2D eigenvalue weighted by Gasteiger charge is -1.96. The Bertz CT molecular complexity index is 381. The van der Waals surface area contributed by atoms with Crippen molar-refractivity contribution in [3.05, 3.63) is 30.7 Å². The zero-order valence-corrected chi connectivity index (χ0v) is 6.62. The predicted molar refractivity (Wildman–Crippen MR) is 46.8 cm³/mol. The van der Waals surface area contributed by atoms with Crippen LogP contribution in [0.2, 0.25) is 0 Å². The summed E-state index contributed by atoms with van der Waals surface area (Å²) in [5.74, 6) is 0. The first kappa shape index (κ1) is 6.61. The van der Waals surface area contributed by atoms with Crippen LogP contribution in [0.1, 0.15) is 0 Å². The summed E-state index contributed by atoms with van der Waals surface area (Å²) in [5.41, 5.74) is 0.938. The predicted octanol–water partition coefficient (Wildman–Crippen LogP) is 1.92. The molecule has 1 heterocycles. The molecule has 0 aliphatic heterocycles. The van der Waals surface area contributed by atoms with Gasteiger partial charge in [-0.15, -0.1) is 12.6 Å². The van der Waals surface area contributed by atoms with E-state index >= 15 is 0 Å². The lowest BCUT2D eigenvalue weighted by atomic mass is 10.2. The zero-order valence-electron chi connectivity index (χ0n) is 5.73. The maximum absolute atomic E-state index is 4.27. The zero-order chi connectivity index (χ0) is 7.68. The molecule has 0 bridgehead atoms. The lowest BCUT2D eigenvalue weighted by Crippen LogP contribution is -1.80. The average Bonchev–Trinajstić information content (AvgIpc) is 2.06. The molecule has 2 aromatic rings. The third kappa shape index (κ3) is 1.07. The van der Waals surface area contributed by atoms with E-state index in [9.17, 15) is 0 Å². The van der Waals surface area contributed by atoms with Gasteiger partial charge in [0.2, 0.25) is 0 Å². The van der Waals surface area contributed by atoms with E-state index in [-0.39, 0.29) is 0 Å². The van der Waals surface area contributed by atoms with Crippen molar-refractivity contribution >= 4 is 23.5 Å². The van der Waals surface area contributed by atoms with Crippen LogP contribution in [-0.4, -0.2) is 9.97 Å². The van der Waals surface area contributed by atoms with Crippen LogP contribution in [0.4, 0.5) is 0 Å². The molecule has 2 rings (SSSR count). The first-order valence-electron chi connectivity index (χ1n) is 3.25. The van der Waals surface area contributed by atoms with Crippen LogP contribution in [0.25, 0.3) is 10.9 Å². The van der Waals surface area contributed by atoms with E-state index < -0.39 is 0 Å². The van der Waals surface area contributed by atoms with E-state index in [4.69, 9.17) is 0 Å². The summed E-state index contributed by atoms with van der Waals surface area (Å²) in [6.45, 7) is 0. The van der Waals surface area contributed by atoms with Gasteiger partial charge in [0, 0.05) is 16.5 Å². The molecular formula is C8H6N2S. The maximum atomic E-state index is 4.27. The third-order valence-corrected chi connectivity index (χ3v) is 1.92. The number of benzene rings is 1. The molecule has 0 saturated carbocycles. The molecule has 3 heteroatoms. The van der Waals surface area contributed by atoms with E-state index in [0.717, 1.165) is 15.8 Å². The standard InChI is InChI=1S/C8H6N2S/c11-8-3-1-2-7-6(8)4-9-5-10-7/h1-5,11H. The van der Waals surface area contributed by atoms with Gasteiger partial charge in [0.05, 0.1) is 5.52 Å². The molecule has 0 N–H and O–H groups in total. The summed E-state index contributed by atoms with van der Waals surface area (Å²) in [6.07, 6.45) is 3.31. The van der Waals surface area contributed by atoms with Crippen molar-refractivity contribution in [3.63, 3.8) is 0 Å². The van der Waals surface area contributed by atoms with Gasteiger partial charge >= 0.3 is 0 Å². The van der Waals surface area contributed by atoms with Crippen LogP contribution >= 0.6 is 12.6 Å². The van der Waals surface area contributed by atoms with E-state index in [2.05, 4.69) is 22.6 Å². The van der Waals surface area contributed by atoms with Crippen LogP contribution in [0, 0.1) is 0 Å². The molecule has 0 amide bonds. The molecule has 0 spiro atoms. The molecule has 0 unspecified atom stereocenters. The monoisotopic (exact) mass is 162 g/mol. The highest BCUT2D eigenvalue weighted by atomic mass is 32.1. The smallest absolute Gasteiger partial charge is 0.116 e. The Labute approximate surface area is 69.7 Å². The number of aromatic nitrogens is 2. The van der Waals surface area contributed by atoms with Gasteiger partial charge in [-0.25, -0.2) is 9.97 Å². The van der Waals surface area contributed by atoms with Crippen LogP contribution < -0.4 is 0 Å². The second-order valence-corrected chi connectivity index (χ2v) is 2.71. The second-order valence-electron chi connectivity index (χ2n) is 2.23. The van der Waals surface area contributed by atoms with Gasteiger partial charge in [-0.1, -0.05) is 6.07 Å². The molecule has 0 radical (unpaired) electrons.